The topological polar surface area (TPSA) is 157 Å². The number of aryl methyl sites for hydroxylation is 1. The molecule has 5 N–H and O–H groups in total. The summed E-state index contributed by atoms with van der Waals surface area (Å²) in [6.45, 7) is 2.31. The largest absolute Gasteiger partial charge is 0.493 e. The zero-order chi connectivity index (χ0) is 27.4. The summed E-state index contributed by atoms with van der Waals surface area (Å²) in [5, 5.41) is 17.0. The van der Waals surface area contributed by atoms with E-state index >= 15 is 0 Å². The van der Waals surface area contributed by atoms with Gasteiger partial charge in [-0.15, -0.1) is 0 Å². The number of methoxy groups -OCH3 is 1. The number of nitrogens with zero attached hydrogens (tertiary/aromatic N) is 1. The summed E-state index contributed by atoms with van der Waals surface area (Å²) in [5.41, 5.74) is 8.15. The molecule has 200 valence electrons. The van der Waals surface area contributed by atoms with Crippen LogP contribution in [0.5, 0.6) is 23.0 Å². The Hall–Kier alpha value is -4.38. The molecule has 0 bridgehead atoms. The number of halogens is 1. The van der Waals surface area contributed by atoms with Gasteiger partial charge in [0.1, 0.15) is 12.4 Å². The number of aliphatic carboxylic acids is 2. The standard InChI is InChI=1S/C23H22FN3O3.C4H6O4/c1-13-9-15-16(27-13)3-4-19(22(15)24)30-18-5-8-26-17-11-21(20(28-2)10-14(17)18)29-12-23(25)6-7-23;5-3(6)1-2-4(7)8/h3-5,8-11,27H,6-7,12,25H2,1-2H3;1-2H2,(H,5,6)(H,7,8). The van der Waals surface area contributed by atoms with Crippen LogP contribution in [0.1, 0.15) is 31.4 Å². The van der Waals surface area contributed by atoms with Crippen LogP contribution in [-0.4, -0.2) is 51.4 Å². The van der Waals surface area contributed by atoms with Crippen LogP contribution in [0, 0.1) is 12.7 Å². The molecule has 0 aliphatic heterocycles. The Kier molecular flexibility index (Phi) is 7.67. The third-order valence-corrected chi connectivity index (χ3v) is 6.00. The average Bonchev–Trinajstić information content (AvgIpc) is 3.49. The van der Waals surface area contributed by atoms with Crippen LogP contribution in [0.25, 0.3) is 21.8 Å². The van der Waals surface area contributed by atoms with Crippen LogP contribution in [0.15, 0.2) is 42.6 Å². The van der Waals surface area contributed by atoms with Gasteiger partial charge in [0.2, 0.25) is 0 Å². The monoisotopic (exact) mass is 525 g/mol. The fraction of sp³-hybridized carbons (Fsp3) is 0.296. The molecule has 1 fully saturated rings. The smallest absolute Gasteiger partial charge is 0.303 e. The van der Waals surface area contributed by atoms with E-state index in [-0.39, 0.29) is 24.1 Å². The van der Waals surface area contributed by atoms with Crippen molar-refractivity contribution in [1.82, 2.24) is 9.97 Å². The molecule has 2 aromatic heterocycles. The average molecular weight is 526 g/mol. The molecule has 1 aliphatic rings. The number of hydrogen-bond donors (Lipinski definition) is 4. The molecule has 0 amide bonds. The highest BCUT2D eigenvalue weighted by molar-refractivity contribution is 5.89. The molecule has 2 heterocycles. The summed E-state index contributed by atoms with van der Waals surface area (Å²) in [5.74, 6) is -0.824. The molecule has 11 heteroatoms. The van der Waals surface area contributed by atoms with Crippen LogP contribution < -0.4 is 19.9 Å². The Balaban J connectivity index is 0.000000368. The molecule has 4 aromatic rings. The number of aromatic amines is 1. The Bertz CT molecular complexity index is 1480. The number of pyridine rings is 1. The van der Waals surface area contributed by atoms with Crippen molar-refractivity contribution in [3.63, 3.8) is 0 Å². The summed E-state index contributed by atoms with van der Waals surface area (Å²) in [7, 11) is 1.57. The number of H-pyrrole nitrogens is 1. The third kappa shape index (κ3) is 6.30. The number of benzene rings is 2. The molecule has 10 nitrogen and oxygen atoms in total. The highest BCUT2D eigenvalue weighted by Gasteiger charge is 2.39. The molecule has 0 spiro atoms. The molecule has 5 rings (SSSR count). The number of carbonyl (C=O) groups is 2. The summed E-state index contributed by atoms with van der Waals surface area (Å²) < 4.78 is 32.3. The Morgan fingerprint density at radius 3 is 2.37 bits per heavy atom. The van der Waals surface area contributed by atoms with Gasteiger partial charge in [0.15, 0.2) is 23.1 Å². The van der Waals surface area contributed by atoms with Gasteiger partial charge >= 0.3 is 11.9 Å². The number of hydrogen-bond acceptors (Lipinski definition) is 7. The third-order valence-electron chi connectivity index (χ3n) is 6.00. The van der Waals surface area contributed by atoms with Crippen LogP contribution >= 0.6 is 0 Å². The van der Waals surface area contributed by atoms with Gasteiger partial charge in [-0.3, -0.25) is 14.6 Å². The lowest BCUT2D eigenvalue weighted by Gasteiger charge is -2.16. The molecule has 2 aromatic carbocycles. The maximum Gasteiger partial charge on any atom is 0.303 e. The number of nitrogens with one attached hydrogen (secondary N) is 1. The van der Waals surface area contributed by atoms with E-state index in [4.69, 9.17) is 30.2 Å². The predicted molar refractivity (Wildman–Crippen MR) is 138 cm³/mol. The first-order chi connectivity index (χ1) is 18.1. The minimum absolute atomic E-state index is 0.145. The highest BCUT2D eigenvalue weighted by atomic mass is 19.1. The normalized spacial score (nSPS) is 13.5. The van der Waals surface area contributed by atoms with Crippen molar-refractivity contribution < 1.29 is 38.4 Å². The van der Waals surface area contributed by atoms with Crippen LogP contribution in [-0.2, 0) is 9.59 Å². The highest BCUT2D eigenvalue weighted by Crippen LogP contribution is 2.40. The molecule has 1 saturated carbocycles. The molecular formula is C27H28FN3O7. The van der Waals surface area contributed by atoms with Crippen molar-refractivity contribution in [2.45, 2.75) is 38.1 Å². The van der Waals surface area contributed by atoms with Crippen molar-refractivity contribution >= 4 is 33.7 Å². The van der Waals surface area contributed by atoms with Crippen molar-refractivity contribution in [2.24, 2.45) is 5.73 Å². The van der Waals surface area contributed by atoms with Gasteiger partial charge in [-0.05, 0) is 50.1 Å². The molecule has 0 unspecified atom stereocenters. The number of aromatic nitrogens is 2. The zero-order valence-corrected chi connectivity index (χ0v) is 20.9. The van der Waals surface area contributed by atoms with Crippen molar-refractivity contribution in [3.05, 3.63) is 54.1 Å². The van der Waals surface area contributed by atoms with Gasteiger partial charge in [0.05, 0.1) is 31.0 Å². The molecule has 0 radical (unpaired) electrons. The van der Waals surface area contributed by atoms with Gasteiger partial charge in [0, 0.05) is 34.2 Å². The molecule has 0 atom stereocenters. The first-order valence-electron chi connectivity index (χ1n) is 11.9. The second-order valence-corrected chi connectivity index (χ2v) is 9.16. The van der Waals surface area contributed by atoms with E-state index < -0.39 is 17.8 Å². The minimum Gasteiger partial charge on any atom is -0.493 e. The van der Waals surface area contributed by atoms with Crippen molar-refractivity contribution in [2.75, 3.05) is 13.7 Å². The number of fused-ring (bicyclic) bond motifs is 2. The number of carboxylic acid groups (broad SMARTS) is 2. The molecule has 0 saturated heterocycles. The SMILES string of the molecule is COc1cc2c(Oc3ccc4[nH]c(C)cc4c3F)ccnc2cc1OCC1(N)CC1.O=C(O)CCC(=O)O. The van der Waals surface area contributed by atoms with E-state index in [9.17, 15) is 14.0 Å². The lowest BCUT2D eigenvalue weighted by atomic mass is 10.1. The van der Waals surface area contributed by atoms with Crippen molar-refractivity contribution in [3.8, 4) is 23.0 Å². The summed E-state index contributed by atoms with van der Waals surface area (Å²) in [6.07, 6.45) is 2.94. The van der Waals surface area contributed by atoms with Gasteiger partial charge in [-0.25, -0.2) is 4.39 Å². The van der Waals surface area contributed by atoms with Crippen LogP contribution in [0.4, 0.5) is 4.39 Å². The summed E-state index contributed by atoms with van der Waals surface area (Å²) in [4.78, 5) is 26.8. The number of ether oxygens (including phenoxy) is 3. The quantitative estimate of drug-likeness (QED) is 0.242. The maximum absolute atomic E-state index is 15.0. The second kappa shape index (κ2) is 10.9. The van der Waals surface area contributed by atoms with E-state index in [0.29, 0.717) is 40.1 Å². The van der Waals surface area contributed by atoms with E-state index in [1.165, 1.54) is 0 Å². The van der Waals surface area contributed by atoms with Crippen molar-refractivity contribution in [1.29, 1.82) is 0 Å². The Morgan fingerprint density at radius 1 is 1.03 bits per heavy atom. The predicted octanol–water partition coefficient (Wildman–Crippen LogP) is 4.77. The fourth-order valence-corrected chi connectivity index (χ4v) is 3.72. The zero-order valence-electron chi connectivity index (χ0n) is 20.9. The minimum atomic E-state index is -1.08. The Morgan fingerprint density at radius 2 is 1.74 bits per heavy atom. The van der Waals surface area contributed by atoms with Gasteiger partial charge in [-0.1, -0.05) is 0 Å². The Labute approximate surface area is 217 Å². The van der Waals surface area contributed by atoms with E-state index in [1.807, 2.05) is 6.92 Å². The first kappa shape index (κ1) is 26.7. The van der Waals surface area contributed by atoms with Gasteiger partial charge < -0.3 is 35.1 Å². The molecule has 1 aliphatic carbocycles. The molecular weight excluding hydrogens is 497 g/mol. The maximum atomic E-state index is 15.0. The van der Waals surface area contributed by atoms with E-state index in [1.54, 1.807) is 49.7 Å². The van der Waals surface area contributed by atoms with Crippen LogP contribution in [0.3, 0.4) is 0 Å². The fourth-order valence-electron chi connectivity index (χ4n) is 3.72. The van der Waals surface area contributed by atoms with Gasteiger partial charge in [0.25, 0.3) is 0 Å². The number of carboxylic acids is 2. The number of nitrogens with two attached hydrogens (primary N) is 1. The first-order valence-corrected chi connectivity index (χ1v) is 11.9. The lowest BCUT2D eigenvalue weighted by molar-refractivity contribution is -0.143. The van der Waals surface area contributed by atoms with E-state index in [2.05, 4.69) is 9.97 Å². The summed E-state index contributed by atoms with van der Waals surface area (Å²) in [6, 6.07) is 10.5. The second-order valence-electron chi connectivity index (χ2n) is 9.16. The number of rotatable bonds is 9. The molecule has 38 heavy (non-hydrogen) atoms. The van der Waals surface area contributed by atoms with E-state index in [0.717, 1.165) is 24.1 Å². The van der Waals surface area contributed by atoms with Crippen LogP contribution in [0.2, 0.25) is 0 Å². The van der Waals surface area contributed by atoms with Gasteiger partial charge in [-0.2, -0.15) is 0 Å². The lowest BCUT2D eigenvalue weighted by Crippen LogP contribution is -2.29. The summed E-state index contributed by atoms with van der Waals surface area (Å²) >= 11 is 0.